The van der Waals surface area contributed by atoms with Crippen LogP contribution in [0.5, 0.6) is 0 Å². The Bertz CT molecular complexity index is 422. The molecule has 0 aliphatic rings. The Kier molecular flexibility index (Phi) is 5.85. The van der Waals surface area contributed by atoms with Crippen molar-refractivity contribution < 1.29 is 4.79 Å². The molecule has 1 rings (SSSR count). The summed E-state index contributed by atoms with van der Waals surface area (Å²) in [7, 11) is 0. The van der Waals surface area contributed by atoms with Gasteiger partial charge in [-0.2, -0.15) is 5.26 Å². The molecule has 0 bridgehead atoms. The number of hydrogen-bond acceptors (Lipinski definition) is 4. The predicted molar refractivity (Wildman–Crippen MR) is 70.7 cm³/mol. The number of nitrogens with zero attached hydrogens (tertiary/aromatic N) is 1. The van der Waals surface area contributed by atoms with Gasteiger partial charge in [-0.15, -0.1) is 0 Å². The van der Waals surface area contributed by atoms with Crippen LogP contribution in [0.15, 0.2) is 24.3 Å². The van der Waals surface area contributed by atoms with E-state index in [9.17, 15) is 4.79 Å². The normalized spacial score (nSPS) is 11.6. The number of nitriles is 1. The Morgan fingerprint density at radius 3 is 2.56 bits per heavy atom. The second-order valence-electron chi connectivity index (χ2n) is 4.07. The van der Waals surface area contributed by atoms with Crippen LogP contribution < -0.4 is 16.8 Å². The van der Waals surface area contributed by atoms with Gasteiger partial charge in [0.25, 0.3) is 0 Å². The standard InChI is InChI=1S/C13H18N4O/c14-8-2-1-3-12(16)13(18)17-11-6-4-10(9-15)5-7-11/h4-7,12H,1-3,8,14,16H2,(H,17,18)/t12-/m0/s1. The lowest BCUT2D eigenvalue weighted by Crippen LogP contribution is -2.35. The van der Waals surface area contributed by atoms with Crippen molar-refractivity contribution in [3.8, 4) is 6.07 Å². The number of benzene rings is 1. The van der Waals surface area contributed by atoms with Crippen molar-refractivity contribution in [1.29, 1.82) is 5.26 Å². The number of nitrogens with one attached hydrogen (secondary N) is 1. The molecule has 0 aliphatic heterocycles. The SMILES string of the molecule is N#Cc1ccc(NC(=O)[C@@H](N)CCCCN)cc1. The number of anilines is 1. The molecule has 0 saturated carbocycles. The van der Waals surface area contributed by atoms with Crippen LogP contribution in [-0.4, -0.2) is 18.5 Å². The van der Waals surface area contributed by atoms with E-state index in [0.29, 0.717) is 24.2 Å². The number of amides is 1. The van der Waals surface area contributed by atoms with Gasteiger partial charge in [-0.25, -0.2) is 0 Å². The van der Waals surface area contributed by atoms with E-state index in [2.05, 4.69) is 5.32 Å². The summed E-state index contributed by atoms with van der Waals surface area (Å²) >= 11 is 0. The summed E-state index contributed by atoms with van der Waals surface area (Å²) in [4.78, 5) is 11.7. The quantitative estimate of drug-likeness (QED) is 0.650. The van der Waals surface area contributed by atoms with Gasteiger partial charge < -0.3 is 16.8 Å². The predicted octanol–water partition coefficient (Wildman–Crippen LogP) is 0.953. The monoisotopic (exact) mass is 246 g/mol. The van der Waals surface area contributed by atoms with Gasteiger partial charge in [0.1, 0.15) is 0 Å². The van der Waals surface area contributed by atoms with Crippen LogP contribution in [0.3, 0.4) is 0 Å². The van der Waals surface area contributed by atoms with E-state index in [1.165, 1.54) is 0 Å². The zero-order chi connectivity index (χ0) is 13.4. The Balaban J connectivity index is 2.45. The summed E-state index contributed by atoms with van der Waals surface area (Å²) in [6, 6.07) is 8.16. The van der Waals surface area contributed by atoms with E-state index < -0.39 is 6.04 Å². The van der Waals surface area contributed by atoms with Gasteiger partial charge in [-0.3, -0.25) is 4.79 Å². The fourth-order valence-corrected chi connectivity index (χ4v) is 1.50. The van der Waals surface area contributed by atoms with Gasteiger partial charge in [0.2, 0.25) is 5.91 Å². The Hall–Kier alpha value is -1.90. The maximum atomic E-state index is 11.7. The topological polar surface area (TPSA) is 105 Å². The summed E-state index contributed by atoms with van der Waals surface area (Å²) < 4.78 is 0. The molecule has 1 aromatic rings. The number of hydrogen-bond donors (Lipinski definition) is 3. The van der Waals surface area contributed by atoms with Crippen molar-refractivity contribution in [3.05, 3.63) is 29.8 Å². The molecule has 0 radical (unpaired) electrons. The van der Waals surface area contributed by atoms with Crippen LogP contribution in [0.2, 0.25) is 0 Å². The first kappa shape index (κ1) is 14.2. The van der Waals surface area contributed by atoms with Crippen LogP contribution in [0, 0.1) is 11.3 Å². The summed E-state index contributed by atoms with van der Waals surface area (Å²) in [5.74, 6) is -0.211. The van der Waals surface area contributed by atoms with Crippen molar-refractivity contribution in [2.45, 2.75) is 25.3 Å². The molecule has 1 amide bonds. The third kappa shape index (κ3) is 4.53. The fourth-order valence-electron chi connectivity index (χ4n) is 1.50. The molecule has 1 atom stereocenters. The van der Waals surface area contributed by atoms with E-state index in [-0.39, 0.29) is 5.91 Å². The van der Waals surface area contributed by atoms with Crippen LogP contribution >= 0.6 is 0 Å². The van der Waals surface area contributed by atoms with E-state index in [0.717, 1.165) is 12.8 Å². The fraction of sp³-hybridized carbons (Fsp3) is 0.385. The molecule has 0 saturated heterocycles. The summed E-state index contributed by atoms with van der Waals surface area (Å²) in [6.45, 7) is 0.615. The molecule has 5 nitrogen and oxygen atoms in total. The summed E-state index contributed by atoms with van der Waals surface area (Å²) in [5.41, 5.74) is 12.3. The van der Waals surface area contributed by atoms with E-state index in [1.54, 1.807) is 24.3 Å². The number of unbranched alkanes of at least 4 members (excludes halogenated alkanes) is 1. The van der Waals surface area contributed by atoms with Crippen molar-refractivity contribution in [2.75, 3.05) is 11.9 Å². The van der Waals surface area contributed by atoms with Crippen molar-refractivity contribution in [2.24, 2.45) is 11.5 Å². The maximum Gasteiger partial charge on any atom is 0.241 e. The average Bonchev–Trinajstić information content (AvgIpc) is 2.39. The van der Waals surface area contributed by atoms with Gasteiger partial charge in [-0.05, 0) is 43.7 Å². The highest BCUT2D eigenvalue weighted by Gasteiger charge is 2.12. The smallest absolute Gasteiger partial charge is 0.241 e. The number of carbonyl (C=O) groups excluding carboxylic acids is 1. The van der Waals surface area contributed by atoms with Crippen LogP contribution in [0.25, 0.3) is 0 Å². The third-order valence-electron chi connectivity index (χ3n) is 2.59. The third-order valence-corrected chi connectivity index (χ3v) is 2.59. The van der Waals surface area contributed by atoms with Gasteiger partial charge in [0.15, 0.2) is 0 Å². The first-order valence-electron chi connectivity index (χ1n) is 5.94. The van der Waals surface area contributed by atoms with Gasteiger partial charge >= 0.3 is 0 Å². The minimum Gasteiger partial charge on any atom is -0.330 e. The van der Waals surface area contributed by atoms with E-state index >= 15 is 0 Å². The molecule has 0 unspecified atom stereocenters. The molecule has 18 heavy (non-hydrogen) atoms. The molecule has 5 N–H and O–H groups in total. The minimum absolute atomic E-state index is 0.211. The number of rotatable bonds is 6. The lowest BCUT2D eigenvalue weighted by molar-refractivity contribution is -0.117. The molecule has 96 valence electrons. The van der Waals surface area contributed by atoms with Crippen molar-refractivity contribution >= 4 is 11.6 Å². The highest BCUT2D eigenvalue weighted by molar-refractivity contribution is 5.94. The Labute approximate surface area is 107 Å². The molecule has 0 aliphatic carbocycles. The Morgan fingerprint density at radius 1 is 1.33 bits per heavy atom. The largest absolute Gasteiger partial charge is 0.330 e. The van der Waals surface area contributed by atoms with Crippen LogP contribution in [0.1, 0.15) is 24.8 Å². The first-order chi connectivity index (χ1) is 8.67. The highest BCUT2D eigenvalue weighted by Crippen LogP contribution is 2.09. The molecular formula is C13H18N4O. The number of nitrogens with two attached hydrogens (primary N) is 2. The molecule has 0 fully saturated rings. The summed E-state index contributed by atoms with van der Waals surface area (Å²) in [5, 5.41) is 11.4. The molecule has 5 heteroatoms. The molecule has 0 heterocycles. The van der Waals surface area contributed by atoms with Crippen LogP contribution in [-0.2, 0) is 4.79 Å². The molecule has 0 aromatic heterocycles. The maximum absolute atomic E-state index is 11.7. The molecule has 0 spiro atoms. The van der Waals surface area contributed by atoms with Crippen molar-refractivity contribution in [3.63, 3.8) is 0 Å². The minimum atomic E-state index is -0.521. The Morgan fingerprint density at radius 2 is 2.00 bits per heavy atom. The van der Waals surface area contributed by atoms with Crippen LogP contribution in [0.4, 0.5) is 5.69 Å². The van der Waals surface area contributed by atoms with E-state index in [1.807, 2.05) is 6.07 Å². The van der Waals surface area contributed by atoms with E-state index in [4.69, 9.17) is 16.7 Å². The molecule has 1 aromatic carbocycles. The van der Waals surface area contributed by atoms with Gasteiger partial charge in [0.05, 0.1) is 17.7 Å². The van der Waals surface area contributed by atoms with Crippen molar-refractivity contribution in [1.82, 2.24) is 0 Å². The zero-order valence-corrected chi connectivity index (χ0v) is 10.2. The highest BCUT2D eigenvalue weighted by atomic mass is 16.2. The second kappa shape index (κ2) is 7.43. The lowest BCUT2D eigenvalue weighted by Gasteiger charge is -2.11. The first-order valence-corrected chi connectivity index (χ1v) is 5.94. The lowest BCUT2D eigenvalue weighted by atomic mass is 10.1. The number of carbonyl (C=O) groups is 1. The van der Waals surface area contributed by atoms with Gasteiger partial charge in [0, 0.05) is 5.69 Å². The summed E-state index contributed by atoms with van der Waals surface area (Å²) in [6.07, 6.45) is 2.34. The second-order valence-corrected chi connectivity index (χ2v) is 4.07. The average molecular weight is 246 g/mol. The molecular weight excluding hydrogens is 228 g/mol. The van der Waals surface area contributed by atoms with Gasteiger partial charge in [-0.1, -0.05) is 6.42 Å². The zero-order valence-electron chi connectivity index (χ0n) is 10.2.